The van der Waals surface area contributed by atoms with Gasteiger partial charge in [-0.2, -0.15) is 0 Å². The number of pyridine rings is 2. The lowest BCUT2D eigenvalue weighted by molar-refractivity contribution is 0.933. The molecular weight excluding hydrogens is 296 g/mol. The summed E-state index contributed by atoms with van der Waals surface area (Å²) in [7, 11) is 0. The molecule has 0 aliphatic heterocycles. The highest BCUT2D eigenvalue weighted by atomic mass is 35.5. The molecule has 0 unspecified atom stereocenters. The van der Waals surface area contributed by atoms with Gasteiger partial charge in [0.25, 0.3) is 0 Å². The van der Waals surface area contributed by atoms with Crippen LogP contribution in [0.5, 0.6) is 0 Å². The maximum Gasteiger partial charge on any atom is 0.138 e. The van der Waals surface area contributed by atoms with E-state index in [0.717, 1.165) is 22.9 Å². The minimum Gasteiger partial charge on any atom is -0.287 e. The van der Waals surface area contributed by atoms with Crippen molar-refractivity contribution in [3.63, 3.8) is 0 Å². The van der Waals surface area contributed by atoms with Gasteiger partial charge >= 0.3 is 0 Å². The van der Waals surface area contributed by atoms with Gasteiger partial charge < -0.3 is 0 Å². The highest BCUT2D eigenvalue weighted by Crippen LogP contribution is 2.13. The summed E-state index contributed by atoms with van der Waals surface area (Å²) < 4.78 is 1.89. The first-order valence-electron chi connectivity index (χ1n) is 6.74. The van der Waals surface area contributed by atoms with Gasteiger partial charge in [0.15, 0.2) is 0 Å². The molecule has 0 radical (unpaired) electrons. The predicted molar refractivity (Wildman–Crippen MR) is 86.1 cm³/mol. The van der Waals surface area contributed by atoms with E-state index in [1.54, 1.807) is 18.5 Å². The summed E-state index contributed by atoms with van der Waals surface area (Å²) in [5.41, 5.74) is 2.56. The third-order valence-corrected chi connectivity index (χ3v) is 3.30. The van der Waals surface area contributed by atoms with Gasteiger partial charge in [-0.1, -0.05) is 17.5 Å². The van der Waals surface area contributed by atoms with Crippen LogP contribution in [0.4, 0.5) is 0 Å². The first-order valence-corrected chi connectivity index (χ1v) is 7.12. The van der Waals surface area contributed by atoms with Crippen molar-refractivity contribution >= 4 is 11.6 Å². The number of nitrogens with zero attached hydrogens (tertiary/aromatic N) is 4. The Morgan fingerprint density at radius 2 is 1.95 bits per heavy atom. The average Bonchev–Trinajstić information content (AvgIpc) is 2.87. The fourth-order valence-electron chi connectivity index (χ4n) is 2.03. The largest absolute Gasteiger partial charge is 0.287 e. The number of rotatable bonds is 1. The number of imidazole rings is 1. The Morgan fingerprint density at radius 1 is 1.09 bits per heavy atom. The van der Waals surface area contributed by atoms with Gasteiger partial charge in [-0.25, -0.2) is 9.97 Å². The van der Waals surface area contributed by atoms with Crippen molar-refractivity contribution in [3.05, 3.63) is 70.7 Å². The molecule has 3 rings (SSSR count). The molecule has 108 valence electrons. The molecule has 0 spiro atoms. The summed E-state index contributed by atoms with van der Waals surface area (Å²) in [5, 5.41) is 0.606. The van der Waals surface area contributed by atoms with Crippen molar-refractivity contribution in [1.82, 2.24) is 19.5 Å². The topological polar surface area (TPSA) is 43.6 Å². The molecule has 0 amide bonds. The fourth-order valence-corrected chi connectivity index (χ4v) is 2.15. The van der Waals surface area contributed by atoms with Crippen molar-refractivity contribution < 1.29 is 0 Å². The standard InChI is InChI=1S/C17H13ClN4/c1-12-9-14(7-8-19-12)3-5-16-11-22(13(2)21-16)17-6-4-15(18)10-20-17/h4,6-11H,1-2H3. The van der Waals surface area contributed by atoms with E-state index in [9.17, 15) is 0 Å². The summed E-state index contributed by atoms with van der Waals surface area (Å²) in [6, 6.07) is 7.47. The predicted octanol–water partition coefficient (Wildman–Crippen LogP) is 3.33. The van der Waals surface area contributed by atoms with Gasteiger partial charge in [-0.3, -0.25) is 9.55 Å². The van der Waals surface area contributed by atoms with E-state index in [1.165, 1.54) is 0 Å². The molecule has 0 saturated carbocycles. The second-order valence-electron chi connectivity index (χ2n) is 4.81. The third kappa shape index (κ3) is 3.16. The molecule has 0 aliphatic rings. The van der Waals surface area contributed by atoms with Crippen LogP contribution in [0.1, 0.15) is 22.8 Å². The minimum absolute atomic E-state index is 0.606. The Kier molecular flexibility index (Phi) is 3.90. The zero-order valence-corrected chi connectivity index (χ0v) is 13.0. The van der Waals surface area contributed by atoms with Crippen LogP contribution < -0.4 is 0 Å². The Balaban J connectivity index is 1.91. The SMILES string of the molecule is Cc1cc(C#Cc2cn(-c3ccc(Cl)cn3)c(C)n2)ccn1. The minimum atomic E-state index is 0.606. The summed E-state index contributed by atoms with van der Waals surface area (Å²) in [4.78, 5) is 12.9. The van der Waals surface area contributed by atoms with Gasteiger partial charge in [-0.05, 0) is 44.0 Å². The molecule has 0 N–H and O–H groups in total. The second-order valence-corrected chi connectivity index (χ2v) is 5.25. The molecule has 0 aliphatic carbocycles. The van der Waals surface area contributed by atoms with Crippen molar-refractivity contribution in [2.45, 2.75) is 13.8 Å². The zero-order chi connectivity index (χ0) is 15.5. The molecule has 0 saturated heterocycles. The third-order valence-electron chi connectivity index (χ3n) is 3.07. The van der Waals surface area contributed by atoms with Crippen LogP contribution in [-0.2, 0) is 0 Å². The number of aryl methyl sites for hydroxylation is 2. The van der Waals surface area contributed by atoms with Crippen molar-refractivity contribution in [3.8, 4) is 17.7 Å². The average molecular weight is 309 g/mol. The lowest BCUT2D eigenvalue weighted by Gasteiger charge is -2.02. The number of hydrogen-bond donors (Lipinski definition) is 0. The van der Waals surface area contributed by atoms with E-state index in [0.29, 0.717) is 10.7 Å². The second kappa shape index (κ2) is 6.00. The summed E-state index contributed by atoms with van der Waals surface area (Å²) in [6.45, 7) is 3.86. The zero-order valence-electron chi connectivity index (χ0n) is 12.2. The maximum absolute atomic E-state index is 5.86. The first-order chi connectivity index (χ1) is 10.6. The summed E-state index contributed by atoms with van der Waals surface area (Å²) >= 11 is 5.86. The van der Waals surface area contributed by atoms with Gasteiger partial charge in [0, 0.05) is 29.8 Å². The van der Waals surface area contributed by atoms with E-state index in [4.69, 9.17) is 11.6 Å². The number of halogens is 1. The van der Waals surface area contributed by atoms with Gasteiger partial charge in [0.1, 0.15) is 17.3 Å². The lowest BCUT2D eigenvalue weighted by atomic mass is 10.2. The van der Waals surface area contributed by atoms with Gasteiger partial charge in [0.2, 0.25) is 0 Å². The summed E-state index contributed by atoms with van der Waals surface area (Å²) in [6.07, 6.45) is 5.23. The van der Waals surface area contributed by atoms with Crippen LogP contribution in [-0.4, -0.2) is 19.5 Å². The number of hydrogen-bond acceptors (Lipinski definition) is 3. The van der Waals surface area contributed by atoms with E-state index in [2.05, 4.69) is 26.8 Å². The normalized spacial score (nSPS) is 10.1. The maximum atomic E-state index is 5.86. The quantitative estimate of drug-likeness (QED) is 0.648. The van der Waals surface area contributed by atoms with Crippen LogP contribution in [0, 0.1) is 25.7 Å². The van der Waals surface area contributed by atoms with Crippen LogP contribution in [0.2, 0.25) is 5.02 Å². The van der Waals surface area contributed by atoms with Crippen molar-refractivity contribution in [1.29, 1.82) is 0 Å². The van der Waals surface area contributed by atoms with Crippen LogP contribution in [0.25, 0.3) is 5.82 Å². The fraction of sp³-hybridized carbons (Fsp3) is 0.118. The van der Waals surface area contributed by atoms with Crippen LogP contribution in [0.15, 0.2) is 42.9 Å². The van der Waals surface area contributed by atoms with E-state index in [1.807, 2.05) is 42.8 Å². The van der Waals surface area contributed by atoms with Crippen molar-refractivity contribution in [2.75, 3.05) is 0 Å². The molecule has 22 heavy (non-hydrogen) atoms. The van der Waals surface area contributed by atoms with Crippen LogP contribution >= 0.6 is 11.6 Å². The Bertz CT molecular complexity index is 870. The van der Waals surface area contributed by atoms with E-state index < -0.39 is 0 Å². The Labute approximate surface area is 133 Å². The molecule has 3 heterocycles. The van der Waals surface area contributed by atoms with E-state index in [-0.39, 0.29) is 0 Å². The van der Waals surface area contributed by atoms with Crippen molar-refractivity contribution in [2.24, 2.45) is 0 Å². The van der Waals surface area contributed by atoms with E-state index >= 15 is 0 Å². The molecule has 0 atom stereocenters. The molecular formula is C17H13ClN4. The van der Waals surface area contributed by atoms with Crippen LogP contribution in [0.3, 0.4) is 0 Å². The van der Waals surface area contributed by atoms with Gasteiger partial charge in [0.05, 0.1) is 5.02 Å². The van der Waals surface area contributed by atoms with Gasteiger partial charge in [-0.15, -0.1) is 0 Å². The molecule has 3 aromatic rings. The molecule has 5 heteroatoms. The monoisotopic (exact) mass is 308 g/mol. The first kappa shape index (κ1) is 14.3. The lowest BCUT2D eigenvalue weighted by Crippen LogP contribution is -1.97. The molecule has 0 fully saturated rings. The number of aromatic nitrogens is 4. The smallest absolute Gasteiger partial charge is 0.138 e. The molecule has 0 aromatic carbocycles. The Morgan fingerprint density at radius 3 is 2.68 bits per heavy atom. The summed E-state index contributed by atoms with van der Waals surface area (Å²) in [5.74, 6) is 7.75. The highest BCUT2D eigenvalue weighted by molar-refractivity contribution is 6.30. The Hall–Kier alpha value is -2.64. The highest BCUT2D eigenvalue weighted by Gasteiger charge is 2.05. The molecule has 0 bridgehead atoms. The molecule has 4 nitrogen and oxygen atoms in total. The molecule has 3 aromatic heterocycles.